The second kappa shape index (κ2) is 2.83. The quantitative estimate of drug-likeness (QED) is 0.710. The molecule has 0 radical (unpaired) electrons. The molecule has 0 spiro atoms. The maximum Gasteiger partial charge on any atom is 0.0133 e. The normalized spacial score (nSPS) is 38.7. The Morgan fingerprint density at radius 2 is 2.07 bits per heavy atom. The van der Waals surface area contributed by atoms with Gasteiger partial charge in [-0.25, -0.2) is 0 Å². The van der Waals surface area contributed by atoms with Gasteiger partial charge in [0.05, 0.1) is 0 Å². The van der Waals surface area contributed by atoms with Gasteiger partial charge in [0, 0.05) is 6.04 Å². The zero-order valence-corrected chi connectivity index (χ0v) is 8.83. The molecule has 0 saturated heterocycles. The van der Waals surface area contributed by atoms with Gasteiger partial charge in [0.2, 0.25) is 0 Å². The fourth-order valence-corrected chi connectivity index (χ4v) is 3.63. The molecule has 1 aromatic rings. The molecule has 1 nitrogen and oxygen atoms in total. The zero-order valence-electron chi connectivity index (χ0n) is 8.83. The molecule has 2 aliphatic rings. The molecule has 1 fully saturated rings. The largest absolute Gasteiger partial charge is 0.316 e. The van der Waals surface area contributed by atoms with Crippen LogP contribution < -0.4 is 5.32 Å². The van der Waals surface area contributed by atoms with Crippen molar-refractivity contribution in [1.82, 2.24) is 5.32 Å². The molecule has 14 heavy (non-hydrogen) atoms. The number of nitrogens with one attached hydrogen (secondary N) is 1. The third-order valence-electron chi connectivity index (χ3n) is 4.26. The smallest absolute Gasteiger partial charge is 0.0133 e. The summed E-state index contributed by atoms with van der Waals surface area (Å²) < 4.78 is 0. The Bertz CT molecular complexity index is 358. The minimum Gasteiger partial charge on any atom is -0.316 e. The van der Waals surface area contributed by atoms with Gasteiger partial charge in [-0.1, -0.05) is 31.2 Å². The average molecular weight is 187 g/mol. The molecule has 1 saturated carbocycles. The summed E-state index contributed by atoms with van der Waals surface area (Å²) in [6, 6.07) is 9.71. The van der Waals surface area contributed by atoms with Gasteiger partial charge in [0.15, 0.2) is 0 Å². The molecule has 0 bridgehead atoms. The van der Waals surface area contributed by atoms with E-state index in [0.717, 1.165) is 23.8 Å². The van der Waals surface area contributed by atoms with E-state index in [9.17, 15) is 0 Å². The van der Waals surface area contributed by atoms with Gasteiger partial charge in [-0.05, 0) is 42.3 Å². The van der Waals surface area contributed by atoms with Crippen LogP contribution in [-0.2, 0) is 6.42 Å². The molecule has 4 atom stereocenters. The maximum atomic E-state index is 3.46. The van der Waals surface area contributed by atoms with E-state index in [1.54, 1.807) is 11.1 Å². The molecule has 3 rings (SSSR count). The van der Waals surface area contributed by atoms with E-state index < -0.39 is 0 Å². The molecule has 0 heterocycles. The van der Waals surface area contributed by atoms with E-state index in [1.807, 2.05) is 0 Å². The van der Waals surface area contributed by atoms with Gasteiger partial charge in [-0.15, -0.1) is 0 Å². The van der Waals surface area contributed by atoms with Crippen molar-refractivity contribution in [2.24, 2.45) is 11.8 Å². The monoisotopic (exact) mass is 187 g/mol. The summed E-state index contributed by atoms with van der Waals surface area (Å²) in [4.78, 5) is 0. The molecule has 0 aliphatic heterocycles. The van der Waals surface area contributed by atoms with Crippen LogP contribution in [0.15, 0.2) is 24.3 Å². The molecule has 1 aromatic carbocycles. The summed E-state index contributed by atoms with van der Waals surface area (Å²) in [6.07, 6.45) is 1.29. The van der Waals surface area contributed by atoms with Gasteiger partial charge in [0.1, 0.15) is 0 Å². The van der Waals surface area contributed by atoms with Crippen LogP contribution >= 0.6 is 0 Å². The van der Waals surface area contributed by atoms with Gasteiger partial charge in [0.25, 0.3) is 0 Å². The summed E-state index contributed by atoms with van der Waals surface area (Å²) in [7, 11) is 2.10. The number of hydrogen-bond acceptors (Lipinski definition) is 1. The van der Waals surface area contributed by atoms with Crippen LogP contribution in [0.4, 0.5) is 0 Å². The molecule has 1 heteroatoms. The second-order valence-electron chi connectivity index (χ2n) is 4.77. The Kier molecular flexibility index (Phi) is 1.72. The first-order valence-corrected chi connectivity index (χ1v) is 5.58. The second-order valence-corrected chi connectivity index (χ2v) is 4.77. The Hall–Kier alpha value is -0.820. The maximum absolute atomic E-state index is 3.46. The van der Waals surface area contributed by atoms with E-state index in [4.69, 9.17) is 0 Å². The third-order valence-corrected chi connectivity index (χ3v) is 4.26. The lowest BCUT2D eigenvalue weighted by Crippen LogP contribution is -2.53. The van der Waals surface area contributed by atoms with E-state index >= 15 is 0 Å². The van der Waals surface area contributed by atoms with Crippen LogP contribution in [0.3, 0.4) is 0 Å². The van der Waals surface area contributed by atoms with Crippen molar-refractivity contribution in [2.75, 3.05) is 7.05 Å². The van der Waals surface area contributed by atoms with E-state index in [2.05, 4.69) is 43.6 Å². The van der Waals surface area contributed by atoms with Crippen molar-refractivity contribution in [1.29, 1.82) is 0 Å². The highest BCUT2D eigenvalue weighted by Crippen LogP contribution is 2.54. The van der Waals surface area contributed by atoms with E-state index in [1.165, 1.54) is 6.42 Å². The Balaban J connectivity index is 1.97. The zero-order chi connectivity index (χ0) is 9.71. The minimum atomic E-state index is 0.743. The first-order chi connectivity index (χ1) is 6.83. The van der Waals surface area contributed by atoms with E-state index in [-0.39, 0.29) is 0 Å². The molecule has 2 aliphatic carbocycles. The van der Waals surface area contributed by atoms with E-state index in [0.29, 0.717) is 0 Å². The summed E-state index contributed by atoms with van der Waals surface area (Å²) in [5.74, 6) is 2.52. The number of rotatable bonds is 1. The fourth-order valence-electron chi connectivity index (χ4n) is 3.63. The first-order valence-electron chi connectivity index (χ1n) is 5.58. The lowest BCUT2D eigenvalue weighted by molar-refractivity contribution is 0.104. The van der Waals surface area contributed by atoms with Crippen molar-refractivity contribution in [3.8, 4) is 0 Å². The predicted molar refractivity (Wildman–Crippen MR) is 58.4 cm³/mol. The number of hydrogen-bond donors (Lipinski definition) is 1. The van der Waals surface area contributed by atoms with Crippen LogP contribution in [0.5, 0.6) is 0 Å². The predicted octanol–water partition coefficient (Wildman–Crippen LogP) is 2.18. The van der Waals surface area contributed by atoms with Gasteiger partial charge in [-0.3, -0.25) is 0 Å². The van der Waals surface area contributed by atoms with Gasteiger partial charge < -0.3 is 5.32 Å². The van der Waals surface area contributed by atoms with Crippen molar-refractivity contribution >= 4 is 0 Å². The molecule has 1 N–H and O–H groups in total. The van der Waals surface area contributed by atoms with Crippen LogP contribution in [0, 0.1) is 11.8 Å². The first kappa shape index (κ1) is 8.49. The summed E-state index contributed by atoms with van der Waals surface area (Å²) in [5.41, 5.74) is 3.21. The van der Waals surface area contributed by atoms with Gasteiger partial charge >= 0.3 is 0 Å². The number of benzene rings is 1. The minimum absolute atomic E-state index is 0.743. The number of fused-ring (bicyclic) bond motifs is 3. The lowest BCUT2D eigenvalue weighted by Gasteiger charge is -2.47. The van der Waals surface area contributed by atoms with Crippen LogP contribution in [0.25, 0.3) is 0 Å². The third kappa shape index (κ3) is 0.885. The van der Waals surface area contributed by atoms with Crippen LogP contribution in [0.2, 0.25) is 0 Å². The molecular weight excluding hydrogens is 170 g/mol. The van der Waals surface area contributed by atoms with Gasteiger partial charge in [-0.2, -0.15) is 0 Å². The molecule has 74 valence electrons. The van der Waals surface area contributed by atoms with Crippen molar-refractivity contribution in [3.63, 3.8) is 0 Å². The standard InChI is InChI=1S/C13H17N/c1-8-12-10-6-4-3-5-9(10)7-11(12)13(8)14-2/h3-6,8,11-14H,7H2,1-2H3. The Morgan fingerprint density at radius 1 is 1.29 bits per heavy atom. The molecular formula is C13H17N. The highest BCUT2D eigenvalue weighted by molar-refractivity contribution is 5.41. The highest BCUT2D eigenvalue weighted by atomic mass is 14.9. The average Bonchev–Trinajstić information content (AvgIpc) is 2.53. The Morgan fingerprint density at radius 3 is 2.86 bits per heavy atom. The fraction of sp³-hybridized carbons (Fsp3) is 0.538. The lowest BCUT2D eigenvalue weighted by atomic mass is 9.62. The summed E-state index contributed by atoms with van der Waals surface area (Å²) in [6.45, 7) is 2.38. The highest BCUT2D eigenvalue weighted by Gasteiger charge is 2.51. The summed E-state index contributed by atoms with van der Waals surface area (Å²) in [5, 5.41) is 3.46. The topological polar surface area (TPSA) is 12.0 Å². The Labute approximate surface area is 85.5 Å². The van der Waals surface area contributed by atoms with Crippen molar-refractivity contribution in [3.05, 3.63) is 35.4 Å². The molecule has 4 unspecified atom stereocenters. The molecule has 0 amide bonds. The van der Waals surface area contributed by atoms with Crippen molar-refractivity contribution < 1.29 is 0 Å². The summed E-state index contributed by atoms with van der Waals surface area (Å²) >= 11 is 0. The molecule has 0 aromatic heterocycles. The van der Waals surface area contributed by atoms with Crippen molar-refractivity contribution in [2.45, 2.75) is 25.3 Å². The van der Waals surface area contributed by atoms with Crippen LogP contribution in [0.1, 0.15) is 24.0 Å². The SMILES string of the molecule is CNC1C(C)C2c3ccccc3CC12. The van der Waals surface area contributed by atoms with Crippen LogP contribution in [-0.4, -0.2) is 13.1 Å².